The normalized spacial score (nSPS) is 17.3. The number of amides is 4. The lowest BCUT2D eigenvalue weighted by Gasteiger charge is -2.35. The maximum absolute atomic E-state index is 14.1. The van der Waals surface area contributed by atoms with Gasteiger partial charge in [0.2, 0.25) is 23.6 Å². The van der Waals surface area contributed by atoms with Gasteiger partial charge in [-0.2, -0.15) is 0 Å². The molecule has 1 saturated carbocycles. The van der Waals surface area contributed by atoms with Gasteiger partial charge in [0.15, 0.2) is 0 Å². The second-order valence-electron chi connectivity index (χ2n) is 23.7. The summed E-state index contributed by atoms with van der Waals surface area (Å²) in [5.41, 5.74) is 11.4. The number of benzene rings is 4. The standard InChI is InChI=1S/C68H81N9O6S/c1-46-62(84-45-73-46)52-32-30-48(31-33-52)41-71-66(82)56-40-55(79)43-75(56)67(83)63(68(2,3)4)74-58(81)29-18-7-5-6-17-28-57(80)70-38-19-9-8-12-21-47-22-20-23-49(39-47)42-76-61(51-26-15-11-16-27-51)59(50-24-13-10-14-25-50)60-64(69)77(44-72-65(60)76)53-34-36-54(78)37-35-53/h10-11,13-16,20,22-27,30-33,39,44-45,53-56,63,69,78-79H,5-9,17-19,28-29,34-38,40-43H2,1-4H3,(H,70,80)(H,71,82)(H,74,81)/t53?,54?,55-,56+,63-/m1/s1. The molecule has 2 fully saturated rings. The predicted octanol–water partition coefficient (Wildman–Crippen LogP) is 10.8. The number of hydrogen-bond donors (Lipinski definition) is 6. The summed E-state index contributed by atoms with van der Waals surface area (Å²) >= 11 is 1.58. The molecule has 4 heterocycles. The highest BCUT2D eigenvalue weighted by atomic mass is 32.1. The number of fused-ring (bicyclic) bond motifs is 1. The second kappa shape index (κ2) is 28.7. The molecule has 1 saturated heterocycles. The fraction of sp³-hybridized carbons (Fsp3) is 0.426. The van der Waals surface area contributed by atoms with Crippen molar-refractivity contribution in [2.45, 2.75) is 167 Å². The minimum absolute atomic E-state index is 0.0150. The molecule has 3 aromatic heterocycles. The summed E-state index contributed by atoms with van der Waals surface area (Å²) in [6.45, 7) is 9.03. The van der Waals surface area contributed by atoms with Crippen LogP contribution >= 0.6 is 11.3 Å². The average molecular weight is 1150 g/mol. The number of nitrogens with one attached hydrogen (secondary N) is 4. The highest BCUT2D eigenvalue weighted by molar-refractivity contribution is 7.13. The zero-order valence-electron chi connectivity index (χ0n) is 49.0. The van der Waals surface area contributed by atoms with Crippen molar-refractivity contribution < 1.29 is 29.4 Å². The molecule has 7 aromatic rings. The van der Waals surface area contributed by atoms with Crippen LogP contribution in [0, 0.1) is 29.6 Å². The number of aliphatic hydroxyl groups is 2. The van der Waals surface area contributed by atoms with E-state index in [1.165, 1.54) is 4.90 Å². The number of thiazole rings is 1. The van der Waals surface area contributed by atoms with Crippen LogP contribution in [0.15, 0.2) is 121 Å². The van der Waals surface area contributed by atoms with E-state index in [2.05, 4.69) is 73.7 Å². The van der Waals surface area contributed by atoms with E-state index in [9.17, 15) is 34.8 Å². The number of aryl methyl sites for hydroxylation is 1. The molecule has 0 unspecified atom stereocenters. The second-order valence-corrected chi connectivity index (χ2v) is 24.6. The molecule has 16 heteroatoms. The fourth-order valence-corrected chi connectivity index (χ4v) is 12.5. The van der Waals surface area contributed by atoms with Crippen LogP contribution in [0.2, 0.25) is 0 Å². The van der Waals surface area contributed by atoms with Crippen molar-refractivity contribution >= 4 is 46.0 Å². The van der Waals surface area contributed by atoms with Crippen LogP contribution in [0.25, 0.3) is 43.9 Å². The number of rotatable bonds is 23. The Labute approximate surface area is 497 Å². The van der Waals surface area contributed by atoms with E-state index in [-0.39, 0.29) is 61.7 Å². The molecule has 84 heavy (non-hydrogen) atoms. The summed E-state index contributed by atoms with van der Waals surface area (Å²) in [4.78, 5) is 65.5. The van der Waals surface area contributed by atoms with E-state index < -0.39 is 23.6 Å². The number of likely N-dealkylation sites (tertiary alicyclic amines) is 1. The maximum Gasteiger partial charge on any atom is 0.246 e. The van der Waals surface area contributed by atoms with Crippen molar-refractivity contribution in [3.63, 3.8) is 0 Å². The van der Waals surface area contributed by atoms with Crippen molar-refractivity contribution in [2.75, 3.05) is 13.1 Å². The lowest BCUT2D eigenvalue weighted by molar-refractivity contribution is -0.144. The molecule has 0 spiro atoms. The summed E-state index contributed by atoms with van der Waals surface area (Å²) in [5.74, 6) is 5.80. The Morgan fingerprint density at radius 1 is 0.750 bits per heavy atom. The molecule has 15 nitrogen and oxygen atoms in total. The highest BCUT2D eigenvalue weighted by Gasteiger charge is 2.44. The van der Waals surface area contributed by atoms with Gasteiger partial charge in [0.05, 0.1) is 45.7 Å². The summed E-state index contributed by atoms with van der Waals surface area (Å²) in [6, 6.07) is 35.3. The Balaban J connectivity index is 0.687. The molecule has 6 N–H and O–H groups in total. The van der Waals surface area contributed by atoms with Crippen LogP contribution in [-0.2, 0) is 32.3 Å². The van der Waals surface area contributed by atoms with Crippen LogP contribution in [0.5, 0.6) is 0 Å². The molecular formula is C68H81N9O6S. The summed E-state index contributed by atoms with van der Waals surface area (Å²) in [7, 11) is 0. The quantitative estimate of drug-likeness (QED) is 0.0268. The molecule has 440 valence electrons. The molecule has 2 aliphatic rings. The Morgan fingerprint density at radius 3 is 2.13 bits per heavy atom. The van der Waals surface area contributed by atoms with E-state index in [1.807, 2.05) is 117 Å². The van der Waals surface area contributed by atoms with Crippen molar-refractivity contribution in [1.82, 2.24) is 40.0 Å². The van der Waals surface area contributed by atoms with Crippen LogP contribution in [0.3, 0.4) is 0 Å². The van der Waals surface area contributed by atoms with E-state index in [1.54, 1.807) is 11.3 Å². The minimum atomic E-state index is -0.881. The molecule has 4 amide bonds. The predicted molar refractivity (Wildman–Crippen MR) is 331 cm³/mol. The van der Waals surface area contributed by atoms with Crippen LogP contribution in [-0.4, -0.2) is 95.2 Å². The molecule has 3 atom stereocenters. The fourth-order valence-electron chi connectivity index (χ4n) is 11.7. The lowest BCUT2D eigenvalue weighted by atomic mass is 9.85. The monoisotopic (exact) mass is 1150 g/mol. The zero-order chi connectivity index (χ0) is 59.2. The third-order valence-electron chi connectivity index (χ3n) is 16.3. The molecule has 9 rings (SSSR count). The number of hydrogen-bond acceptors (Lipinski definition) is 10. The van der Waals surface area contributed by atoms with Gasteiger partial charge in [-0.25, -0.2) is 9.97 Å². The lowest BCUT2D eigenvalue weighted by Crippen LogP contribution is -2.57. The molecule has 1 aliphatic carbocycles. The minimum Gasteiger partial charge on any atom is -0.393 e. The van der Waals surface area contributed by atoms with Gasteiger partial charge in [0, 0.05) is 69.0 Å². The summed E-state index contributed by atoms with van der Waals surface area (Å²) < 4.78 is 4.26. The summed E-state index contributed by atoms with van der Waals surface area (Å²) in [5, 5.41) is 40.4. The number of carbonyl (C=O) groups is 4. The van der Waals surface area contributed by atoms with Gasteiger partial charge in [-0.3, -0.25) is 24.6 Å². The van der Waals surface area contributed by atoms with Crippen LogP contribution < -0.4 is 21.4 Å². The topological polar surface area (TPSA) is 208 Å². The Bertz CT molecular complexity index is 3490. The van der Waals surface area contributed by atoms with Gasteiger partial charge in [-0.05, 0) is 104 Å². The van der Waals surface area contributed by atoms with Gasteiger partial charge in [0.1, 0.15) is 23.2 Å². The SMILES string of the molecule is Cc1ncsc1-c1ccc(CNC(=O)[C@@H]2C[C@@H](O)CN2C(=O)[C@@H](NC(=O)CCCCCCCC(=O)NCCCCC#Cc2cccc(Cn3c(-c4ccccc4)c(-c4ccccc4)c4c(=N)n(C5CCC(O)CC5)cnc43)c2)C(C)(C)C)cc1. The molecule has 1 aliphatic heterocycles. The van der Waals surface area contributed by atoms with Crippen molar-refractivity contribution in [3.05, 3.63) is 149 Å². The first kappa shape index (κ1) is 60.9. The van der Waals surface area contributed by atoms with Crippen molar-refractivity contribution in [1.29, 1.82) is 5.41 Å². The Morgan fingerprint density at radius 2 is 1.44 bits per heavy atom. The summed E-state index contributed by atoms with van der Waals surface area (Å²) in [6.07, 6.45) is 10.9. The van der Waals surface area contributed by atoms with Gasteiger partial charge in [0.25, 0.3) is 0 Å². The van der Waals surface area contributed by atoms with Crippen molar-refractivity contribution in [3.8, 4) is 44.7 Å². The van der Waals surface area contributed by atoms with E-state index in [0.717, 1.165) is 130 Å². The molecule has 4 aromatic carbocycles. The average Bonchev–Trinajstić information content (AvgIpc) is 2.08. The van der Waals surface area contributed by atoms with Crippen LogP contribution in [0.1, 0.15) is 146 Å². The van der Waals surface area contributed by atoms with Crippen molar-refractivity contribution in [2.24, 2.45) is 5.41 Å². The van der Waals surface area contributed by atoms with E-state index in [0.29, 0.717) is 37.8 Å². The van der Waals surface area contributed by atoms with Gasteiger partial charge in [-0.1, -0.05) is 149 Å². The first-order valence-electron chi connectivity index (χ1n) is 30.0. The molecule has 0 bridgehead atoms. The Kier molecular flexibility index (Phi) is 20.8. The third kappa shape index (κ3) is 15.5. The van der Waals surface area contributed by atoms with Gasteiger partial charge >= 0.3 is 0 Å². The number of aliphatic hydroxyl groups excluding tert-OH is 2. The number of carbonyl (C=O) groups excluding carboxylic acids is 4. The van der Waals surface area contributed by atoms with E-state index in [4.69, 9.17) is 4.98 Å². The van der Waals surface area contributed by atoms with E-state index >= 15 is 0 Å². The Hall–Kier alpha value is -7.71. The zero-order valence-corrected chi connectivity index (χ0v) is 49.9. The molecular weight excluding hydrogens is 1070 g/mol. The largest absolute Gasteiger partial charge is 0.393 e. The molecule has 0 radical (unpaired) electrons. The number of nitrogens with zero attached hydrogens (tertiary/aromatic N) is 5. The van der Waals surface area contributed by atoms with Gasteiger partial charge < -0.3 is 40.2 Å². The number of unbranched alkanes of at least 4 members (excludes halogenated alkanes) is 6. The third-order valence-corrected chi connectivity index (χ3v) is 17.3. The number of β-amino-alcohol motifs (C(OH)–C–C–N with tert-alkyl or cyclic N) is 1. The van der Waals surface area contributed by atoms with Crippen LogP contribution in [0.4, 0.5) is 0 Å². The first-order valence-corrected chi connectivity index (χ1v) is 30.9. The smallest absolute Gasteiger partial charge is 0.246 e. The first-order chi connectivity index (χ1) is 40.6. The number of aromatic nitrogens is 4. The maximum atomic E-state index is 14.1. The van der Waals surface area contributed by atoms with Gasteiger partial charge in [-0.15, -0.1) is 11.3 Å². The highest BCUT2D eigenvalue weighted by Crippen LogP contribution is 2.40.